The summed E-state index contributed by atoms with van der Waals surface area (Å²) in [6.07, 6.45) is 2.63. The summed E-state index contributed by atoms with van der Waals surface area (Å²) in [5.41, 5.74) is 8.05. The van der Waals surface area contributed by atoms with Gasteiger partial charge in [0.25, 0.3) is 0 Å². The zero-order chi connectivity index (χ0) is 13.1. The highest BCUT2D eigenvalue weighted by atomic mass is 79.9. The van der Waals surface area contributed by atoms with Crippen LogP contribution in [0.15, 0.2) is 22.7 Å². The lowest BCUT2D eigenvalue weighted by molar-refractivity contribution is 0.213. The SMILES string of the molecule is CN1CCCC(CN(C)c2ccc(Br)cc2N)C1. The van der Waals surface area contributed by atoms with Gasteiger partial charge in [-0.2, -0.15) is 0 Å². The van der Waals surface area contributed by atoms with Crippen LogP contribution in [0, 0.1) is 5.92 Å². The van der Waals surface area contributed by atoms with Crippen LogP contribution >= 0.6 is 15.9 Å². The molecular weight excluding hydrogens is 290 g/mol. The van der Waals surface area contributed by atoms with Gasteiger partial charge in [-0.15, -0.1) is 0 Å². The van der Waals surface area contributed by atoms with Crippen molar-refractivity contribution in [2.45, 2.75) is 12.8 Å². The molecule has 1 unspecified atom stereocenters. The van der Waals surface area contributed by atoms with Crippen LogP contribution < -0.4 is 10.6 Å². The van der Waals surface area contributed by atoms with Crippen molar-refractivity contribution in [3.63, 3.8) is 0 Å². The zero-order valence-corrected chi connectivity index (χ0v) is 12.8. The second-order valence-corrected chi connectivity index (χ2v) is 6.27. The predicted molar refractivity (Wildman–Crippen MR) is 82.0 cm³/mol. The molecule has 2 rings (SSSR count). The Kier molecular flexibility index (Phi) is 4.51. The molecule has 0 saturated carbocycles. The lowest BCUT2D eigenvalue weighted by Crippen LogP contribution is -2.38. The molecule has 3 nitrogen and oxygen atoms in total. The number of nitrogens with two attached hydrogens (primary N) is 1. The molecular formula is C14H22BrN3. The molecule has 1 atom stereocenters. The van der Waals surface area contributed by atoms with Gasteiger partial charge in [-0.25, -0.2) is 0 Å². The molecule has 0 bridgehead atoms. The average molecular weight is 312 g/mol. The molecule has 0 amide bonds. The van der Waals surface area contributed by atoms with Crippen molar-refractivity contribution in [2.75, 3.05) is 44.4 Å². The van der Waals surface area contributed by atoms with Crippen molar-refractivity contribution in [2.24, 2.45) is 5.92 Å². The Bertz CT molecular complexity index is 408. The minimum Gasteiger partial charge on any atom is -0.397 e. The van der Waals surface area contributed by atoms with Crippen molar-refractivity contribution < 1.29 is 0 Å². The van der Waals surface area contributed by atoms with Gasteiger partial charge >= 0.3 is 0 Å². The van der Waals surface area contributed by atoms with Crippen molar-refractivity contribution in [3.05, 3.63) is 22.7 Å². The fraction of sp³-hybridized carbons (Fsp3) is 0.571. The summed E-state index contributed by atoms with van der Waals surface area (Å²) < 4.78 is 1.04. The molecule has 1 fully saturated rings. The van der Waals surface area contributed by atoms with Crippen LogP contribution in [0.25, 0.3) is 0 Å². The van der Waals surface area contributed by atoms with Crippen LogP contribution in [0.1, 0.15) is 12.8 Å². The van der Waals surface area contributed by atoms with E-state index in [-0.39, 0.29) is 0 Å². The number of rotatable bonds is 3. The number of halogens is 1. The van der Waals surface area contributed by atoms with E-state index in [1.54, 1.807) is 0 Å². The number of hydrogen-bond donors (Lipinski definition) is 1. The van der Waals surface area contributed by atoms with E-state index in [9.17, 15) is 0 Å². The van der Waals surface area contributed by atoms with Crippen LogP contribution in [-0.4, -0.2) is 38.6 Å². The summed E-state index contributed by atoms with van der Waals surface area (Å²) in [6, 6.07) is 6.11. The van der Waals surface area contributed by atoms with Gasteiger partial charge in [0, 0.05) is 24.6 Å². The maximum atomic E-state index is 6.07. The lowest BCUT2D eigenvalue weighted by Gasteiger charge is -2.33. The van der Waals surface area contributed by atoms with Crippen molar-refractivity contribution in [1.29, 1.82) is 0 Å². The molecule has 0 aliphatic carbocycles. The van der Waals surface area contributed by atoms with Crippen LogP contribution in [0.5, 0.6) is 0 Å². The molecule has 100 valence electrons. The molecule has 0 radical (unpaired) electrons. The third-order valence-electron chi connectivity index (χ3n) is 3.65. The van der Waals surface area contributed by atoms with Crippen LogP contribution in [0.3, 0.4) is 0 Å². The number of benzene rings is 1. The number of nitrogens with zero attached hydrogens (tertiary/aromatic N) is 2. The Morgan fingerprint density at radius 1 is 1.50 bits per heavy atom. The second kappa shape index (κ2) is 5.93. The van der Waals surface area contributed by atoms with Crippen LogP contribution in [0.2, 0.25) is 0 Å². The second-order valence-electron chi connectivity index (χ2n) is 5.35. The minimum absolute atomic E-state index is 0.747. The van der Waals surface area contributed by atoms with Crippen LogP contribution in [0.4, 0.5) is 11.4 Å². The van der Waals surface area contributed by atoms with E-state index in [0.717, 1.165) is 28.3 Å². The number of piperidine rings is 1. The van der Waals surface area contributed by atoms with Gasteiger partial charge in [0.2, 0.25) is 0 Å². The largest absolute Gasteiger partial charge is 0.397 e. The molecule has 4 heteroatoms. The Hall–Kier alpha value is -0.740. The summed E-state index contributed by atoms with van der Waals surface area (Å²) in [6.45, 7) is 3.51. The minimum atomic E-state index is 0.747. The maximum Gasteiger partial charge on any atom is 0.0598 e. The highest BCUT2D eigenvalue weighted by molar-refractivity contribution is 9.10. The van der Waals surface area contributed by atoms with Gasteiger partial charge in [0.1, 0.15) is 0 Å². The van der Waals surface area contributed by atoms with Gasteiger partial charge in [-0.05, 0) is 50.6 Å². The van der Waals surface area contributed by atoms with E-state index in [2.05, 4.69) is 52.0 Å². The quantitative estimate of drug-likeness (QED) is 0.871. The third-order valence-corrected chi connectivity index (χ3v) is 4.15. The number of likely N-dealkylation sites (tertiary alicyclic amines) is 1. The van der Waals surface area contributed by atoms with Gasteiger partial charge in [0.05, 0.1) is 11.4 Å². The standard InChI is InChI=1S/C14H22BrN3/c1-17-7-3-4-11(9-17)10-18(2)14-6-5-12(15)8-13(14)16/h5-6,8,11H,3-4,7,9-10,16H2,1-2H3. The number of hydrogen-bond acceptors (Lipinski definition) is 3. The zero-order valence-electron chi connectivity index (χ0n) is 11.2. The molecule has 1 aliphatic heterocycles. The monoisotopic (exact) mass is 311 g/mol. The van der Waals surface area contributed by atoms with E-state index >= 15 is 0 Å². The van der Waals surface area contributed by atoms with Crippen molar-refractivity contribution in [3.8, 4) is 0 Å². The first-order chi connectivity index (χ1) is 8.56. The molecule has 18 heavy (non-hydrogen) atoms. The highest BCUT2D eigenvalue weighted by Gasteiger charge is 2.19. The topological polar surface area (TPSA) is 32.5 Å². The van der Waals surface area contributed by atoms with E-state index in [0.29, 0.717) is 0 Å². The molecule has 1 aromatic rings. The summed E-state index contributed by atoms with van der Waals surface area (Å²) >= 11 is 3.45. The number of anilines is 2. The third kappa shape index (κ3) is 3.39. The van der Waals surface area contributed by atoms with E-state index < -0.39 is 0 Å². The molecule has 0 aromatic heterocycles. The summed E-state index contributed by atoms with van der Waals surface area (Å²) in [5.74, 6) is 0.747. The molecule has 1 aliphatic rings. The lowest BCUT2D eigenvalue weighted by atomic mass is 9.98. The average Bonchev–Trinajstić information content (AvgIpc) is 2.28. The van der Waals surface area contributed by atoms with Gasteiger partial charge in [-0.3, -0.25) is 0 Å². The molecule has 1 aromatic carbocycles. The Labute approximate surface area is 118 Å². The molecule has 2 N–H and O–H groups in total. The van der Waals surface area contributed by atoms with Crippen molar-refractivity contribution in [1.82, 2.24) is 4.90 Å². The first kappa shape index (κ1) is 13.7. The molecule has 1 heterocycles. The Morgan fingerprint density at radius 2 is 2.28 bits per heavy atom. The first-order valence-electron chi connectivity index (χ1n) is 6.51. The normalized spacial score (nSPS) is 20.9. The predicted octanol–water partition coefficient (Wildman–Crippen LogP) is 2.81. The van der Waals surface area contributed by atoms with E-state index in [1.807, 2.05) is 6.07 Å². The summed E-state index contributed by atoms with van der Waals surface area (Å²) in [5, 5.41) is 0. The van der Waals surface area contributed by atoms with E-state index in [1.165, 1.54) is 25.9 Å². The van der Waals surface area contributed by atoms with Crippen LogP contribution in [-0.2, 0) is 0 Å². The van der Waals surface area contributed by atoms with Crippen molar-refractivity contribution >= 4 is 27.3 Å². The van der Waals surface area contributed by atoms with Gasteiger partial charge in [-0.1, -0.05) is 15.9 Å². The summed E-state index contributed by atoms with van der Waals surface area (Å²) in [4.78, 5) is 4.71. The number of nitrogen functional groups attached to an aromatic ring is 1. The first-order valence-corrected chi connectivity index (χ1v) is 7.30. The fourth-order valence-corrected chi connectivity index (χ4v) is 3.16. The maximum absolute atomic E-state index is 6.07. The Balaban J connectivity index is 2.00. The summed E-state index contributed by atoms with van der Waals surface area (Å²) in [7, 11) is 4.34. The van der Waals surface area contributed by atoms with Gasteiger partial charge < -0.3 is 15.5 Å². The smallest absolute Gasteiger partial charge is 0.0598 e. The molecule has 0 spiro atoms. The van der Waals surface area contributed by atoms with Gasteiger partial charge in [0.15, 0.2) is 0 Å². The van der Waals surface area contributed by atoms with E-state index in [4.69, 9.17) is 5.73 Å². The Morgan fingerprint density at radius 3 is 2.94 bits per heavy atom. The molecule has 1 saturated heterocycles. The fourth-order valence-electron chi connectivity index (χ4n) is 2.78. The highest BCUT2D eigenvalue weighted by Crippen LogP contribution is 2.27.